The van der Waals surface area contributed by atoms with Gasteiger partial charge in [0, 0.05) is 27.7 Å². The molecule has 0 aromatic heterocycles. The molecule has 0 saturated carbocycles. The molecule has 0 atom stereocenters. The summed E-state index contributed by atoms with van der Waals surface area (Å²) >= 11 is 0. The number of anilines is 2. The number of carbonyl (C=O) groups excluding carboxylic acids is 6. The van der Waals surface area contributed by atoms with Crippen LogP contribution in [0.2, 0.25) is 0 Å². The van der Waals surface area contributed by atoms with Gasteiger partial charge < -0.3 is 9.47 Å². The molecule has 14 rings (SSSR count). The van der Waals surface area contributed by atoms with Crippen LogP contribution >= 0.6 is 0 Å². The van der Waals surface area contributed by atoms with Gasteiger partial charge >= 0.3 is 0 Å². The van der Waals surface area contributed by atoms with Crippen LogP contribution in [0, 0.1) is 0 Å². The summed E-state index contributed by atoms with van der Waals surface area (Å²) in [7, 11) is 0. The first-order chi connectivity index (χ1) is 38.4. The molecule has 10 nitrogen and oxygen atoms in total. The van der Waals surface area contributed by atoms with Gasteiger partial charge in [0.05, 0.1) is 33.6 Å². The first-order valence-corrected chi connectivity index (χ1v) is 25.8. The van der Waals surface area contributed by atoms with Gasteiger partial charge in [-0.05, 0) is 189 Å². The first-order valence-electron chi connectivity index (χ1n) is 25.8. The second-order valence-corrected chi connectivity index (χ2v) is 20.5. The van der Waals surface area contributed by atoms with Crippen LogP contribution in [0.5, 0.6) is 23.0 Å². The topological polar surface area (TPSA) is 127 Å². The Kier molecular flexibility index (Phi) is 10.5. The lowest BCUT2D eigenvalue weighted by atomic mass is 9.76. The summed E-state index contributed by atoms with van der Waals surface area (Å²) < 4.78 is 12.2. The molecule has 2 aliphatic carbocycles. The van der Waals surface area contributed by atoms with Crippen molar-refractivity contribution in [2.45, 2.75) is 19.3 Å². The van der Waals surface area contributed by atoms with Crippen LogP contribution < -0.4 is 19.3 Å². The van der Waals surface area contributed by atoms with E-state index in [1.807, 2.05) is 86.6 Å². The number of hydrogen-bond donors (Lipinski definition) is 0. The molecular formula is C69H42N2O8. The number of benzene rings is 10. The van der Waals surface area contributed by atoms with Gasteiger partial charge in [0.15, 0.2) is 11.6 Å². The predicted molar refractivity (Wildman–Crippen MR) is 302 cm³/mol. The fourth-order valence-corrected chi connectivity index (χ4v) is 11.2. The van der Waals surface area contributed by atoms with Crippen molar-refractivity contribution in [1.82, 2.24) is 0 Å². The normalized spacial score (nSPS) is 13.3. The van der Waals surface area contributed by atoms with E-state index >= 15 is 0 Å². The highest BCUT2D eigenvalue weighted by Crippen LogP contribution is 2.49. The van der Waals surface area contributed by atoms with Gasteiger partial charge in [-0.15, -0.1) is 0 Å². The zero-order valence-electron chi connectivity index (χ0n) is 42.4. The lowest BCUT2D eigenvalue weighted by Gasteiger charge is -2.27. The van der Waals surface area contributed by atoms with E-state index < -0.39 is 29.0 Å². The van der Waals surface area contributed by atoms with Gasteiger partial charge in [-0.25, -0.2) is 9.80 Å². The van der Waals surface area contributed by atoms with Gasteiger partial charge in [0.1, 0.15) is 23.0 Å². The maximum absolute atomic E-state index is 14.1. The van der Waals surface area contributed by atoms with Crippen molar-refractivity contribution in [2.75, 3.05) is 9.80 Å². The number of amides is 4. The summed E-state index contributed by atoms with van der Waals surface area (Å²) in [6.07, 6.45) is 0. The standard InChI is InChI=1S/C69H42N2O8/c1-69(2,43-17-33-57-61(37-43)67(76)70(65(57)74)45-19-27-49(28-20-45)78-47-23-11-39(12-24-47)63(72)41-15-31-55-51-7-3-5-9-53(51)59(55)35-41)44-18-34-58-62(38-44)68(77)71(66(58)75)46-21-29-50(30-22-46)79-48-25-13-40(14-26-48)64(73)42-16-32-56-52-8-4-6-10-54(52)60(56)36-42/h3-38H,1-2H3. The van der Waals surface area contributed by atoms with Gasteiger partial charge in [-0.2, -0.15) is 0 Å². The summed E-state index contributed by atoms with van der Waals surface area (Å²) in [5.41, 5.74) is 13.9. The lowest BCUT2D eigenvalue weighted by molar-refractivity contribution is 0.0910. The Bertz CT molecular complexity index is 4050. The number of ether oxygens (including phenoxy) is 2. The van der Waals surface area contributed by atoms with Crippen molar-refractivity contribution in [3.63, 3.8) is 0 Å². The Morgan fingerprint density at radius 3 is 0.962 bits per heavy atom. The Hall–Kier alpha value is -10.6. The van der Waals surface area contributed by atoms with Gasteiger partial charge in [0.25, 0.3) is 23.6 Å². The summed E-state index contributed by atoms with van der Waals surface area (Å²) in [6.45, 7) is 3.92. The average Bonchev–Trinajstić information content (AvgIpc) is 4.03. The average molecular weight is 1030 g/mol. The van der Waals surface area contributed by atoms with Crippen LogP contribution in [-0.2, 0) is 5.41 Å². The highest BCUT2D eigenvalue weighted by molar-refractivity contribution is 6.35. The van der Waals surface area contributed by atoms with Crippen LogP contribution in [0.25, 0.3) is 44.5 Å². The maximum atomic E-state index is 14.1. The molecule has 4 aliphatic rings. The van der Waals surface area contributed by atoms with Crippen LogP contribution in [0.4, 0.5) is 11.4 Å². The maximum Gasteiger partial charge on any atom is 0.266 e. The van der Waals surface area contributed by atoms with E-state index in [0.717, 1.165) is 54.3 Å². The second kappa shape index (κ2) is 17.8. The van der Waals surface area contributed by atoms with E-state index in [1.54, 1.807) is 121 Å². The molecule has 0 unspecified atom stereocenters. The van der Waals surface area contributed by atoms with E-state index in [-0.39, 0.29) is 33.8 Å². The smallest absolute Gasteiger partial charge is 0.266 e. The Balaban J connectivity index is 0.616. The van der Waals surface area contributed by atoms with E-state index in [9.17, 15) is 28.8 Å². The predicted octanol–water partition coefficient (Wildman–Crippen LogP) is 15.0. The number of hydrogen-bond acceptors (Lipinski definition) is 8. The van der Waals surface area contributed by atoms with Crippen molar-refractivity contribution in [2.24, 2.45) is 0 Å². The molecule has 2 heterocycles. The third-order valence-electron chi connectivity index (χ3n) is 15.7. The third kappa shape index (κ3) is 7.56. The van der Waals surface area contributed by atoms with E-state index in [1.165, 1.54) is 11.1 Å². The summed E-state index contributed by atoms with van der Waals surface area (Å²) in [4.78, 5) is 84.9. The summed E-state index contributed by atoms with van der Waals surface area (Å²) in [6, 6.07) is 65.4. The van der Waals surface area contributed by atoms with Crippen molar-refractivity contribution in [3.05, 3.63) is 274 Å². The fourth-order valence-electron chi connectivity index (χ4n) is 11.2. The molecule has 376 valence electrons. The lowest BCUT2D eigenvalue weighted by Crippen LogP contribution is -2.29. The zero-order chi connectivity index (χ0) is 53.8. The quantitative estimate of drug-likeness (QED) is 0.0874. The van der Waals surface area contributed by atoms with Crippen LogP contribution in [0.15, 0.2) is 218 Å². The zero-order valence-corrected chi connectivity index (χ0v) is 42.4. The van der Waals surface area contributed by atoms with Crippen LogP contribution in [0.3, 0.4) is 0 Å². The number of carbonyl (C=O) groups is 6. The van der Waals surface area contributed by atoms with Crippen molar-refractivity contribution in [1.29, 1.82) is 0 Å². The second-order valence-electron chi connectivity index (χ2n) is 20.5. The van der Waals surface area contributed by atoms with Gasteiger partial charge in [-0.3, -0.25) is 28.8 Å². The Morgan fingerprint density at radius 2 is 0.595 bits per heavy atom. The number of rotatable bonds is 12. The van der Waals surface area contributed by atoms with Crippen LogP contribution in [-0.4, -0.2) is 35.2 Å². The minimum absolute atomic E-state index is 0.0871. The molecule has 0 bridgehead atoms. The number of imide groups is 2. The van der Waals surface area contributed by atoms with Gasteiger partial charge in [-0.1, -0.05) is 98.8 Å². The SMILES string of the molecule is CC(C)(c1ccc2c(c1)C(=O)N(c1ccc(Oc3ccc(C(=O)c4ccc5c(c4)-c4ccccc4-5)cc3)cc1)C2=O)c1ccc2c(c1)C(=O)N(c1ccc(Oc3ccc(C(=O)c4ccc5c(c4)-c4ccccc4-5)cc3)cc1)C2=O. The fraction of sp³-hybridized carbons (Fsp3) is 0.0435. The largest absolute Gasteiger partial charge is 0.457 e. The molecule has 79 heavy (non-hydrogen) atoms. The minimum Gasteiger partial charge on any atom is -0.457 e. The van der Waals surface area contributed by atoms with Crippen molar-refractivity contribution in [3.8, 4) is 67.5 Å². The molecule has 0 radical (unpaired) electrons. The van der Waals surface area contributed by atoms with E-state index in [4.69, 9.17) is 9.47 Å². The molecule has 10 aromatic rings. The highest BCUT2D eigenvalue weighted by Gasteiger charge is 2.41. The summed E-state index contributed by atoms with van der Waals surface area (Å²) in [5.74, 6) is -0.0621. The molecule has 0 fully saturated rings. The molecule has 0 spiro atoms. The van der Waals surface area contributed by atoms with Crippen molar-refractivity contribution >= 4 is 46.6 Å². The van der Waals surface area contributed by atoms with E-state index in [2.05, 4.69) is 24.3 Å². The summed E-state index contributed by atoms with van der Waals surface area (Å²) in [5, 5.41) is 0. The van der Waals surface area contributed by atoms with Crippen molar-refractivity contribution < 1.29 is 38.2 Å². The Labute approximate surface area is 453 Å². The highest BCUT2D eigenvalue weighted by atomic mass is 16.5. The minimum atomic E-state index is -0.767. The third-order valence-corrected chi connectivity index (χ3v) is 15.7. The molecule has 4 amide bonds. The molecule has 10 heteroatoms. The van der Waals surface area contributed by atoms with E-state index in [0.29, 0.717) is 56.6 Å². The number of fused-ring (bicyclic) bond motifs is 10. The monoisotopic (exact) mass is 1030 g/mol. The van der Waals surface area contributed by atoms with Crippen LogP contribution in [0.1, 0.15) is 98.2 Å². The molecule has 2 aliphatic heterocycles. The molecule has 0 N–H and O–H groups in total. The number of nitrogens with zero attached hydrogens (tertiary/aromatic N) is 2. The molecule has 10 aromatic carbocycles. The molecule has 0 saturated heterocycles. The Morgan fingerprint density at radius 1 is 0.304 bits per heavy atom. The number of ketones is 2. The first kappa shape index (κ1) is 46.9. The molecular weight excluding hydrogens is 985 g/mol. The van der Waals surface area contributed by atoms with Gasteiger partial charge in [0.2, 0.25) is 0 Å².